The maximum atomic E-state index is 12.7. The van der Waals surface area contributed by atoms with Crippen molar-refractivity contribution < 1.29 is 9.59 Å². The maximum absolute atomic E-state index is 12.7. The van der Waals surface area contributed by atoms with E-state index in [-0.39, 0.29) is 23.1 Å². The fourth-order valence-electron chi connectivity index (χ4n) is 4.93. The van der Waals surface area contributed by atoms with Crippen LogP contribution in [0, 0.1) is 23.2 Å². The molecule has 1 saturated carbocycles. The van der Waals surface area contributed by atoms with Gasteiger partial charge < -0.3 is 15.2 Å². The van der Waals surface area contributed by atoms with Crippen molar-refractivity contribution in [3.8, 4) is 11.8 Å². The minimum Gasteiger partial charge on any atom is -0.361 e. The molecule has 5 rings (SSSR count). The van der Waals surface area contributed by atoms with Gasteiger partial charge in [-0.2, -0.15) is 0 Å². The van der Waals surface area contributed by atoms with Crippen LogP contribution in [0.3, 0.4) is 0 Å². The summed E-state index contributed by atoms with van der Waals surface area (Å²) in [5.74, 6) is 5.82. The van der Waals surface area contributed by atoms with Gasteiger partial charge in [0.25, 0.3) is 5.91 Å². The average Bonchev–Trinajstić information content (AvgIpc) is 3.38. The van der Waals surface area contributed by atoms with Crippen molar-refractivity contribution in [2.45, 2.75) is 25.7 Å². The number of amides is 2. The van der Waals surface area contributed by atoms with E-state index in [0.29, 0.717) is 19.6 Å². The van der Waals surface area contributed by atoms with Gasteiger partial charge in [-0.1, -0.05) is 42.3 Å². The van der Waals surface area contributed by atoms with Crippen molar-refractivity contribution in [3.05, 3.63) is 71.9 Å². The van der Waals surface area contributed by atoms with E-state index < -0.39 is 0 Å². The first kappa shape index (κ1) is 20.4. The van der Waals surface area contributed by atoms with E-state index in [4.69, 9.17) is 0 Å². The number of carbonyl (C=O) groups is 2. The van der Waals surface area contributed by atoms with Crippen molar-refractivity contribution in [3.63, 3.8) is 0 Å². The third-order valence-corrected chi connectivity index (χ3v) is 7.01. The highest BCUT2D eigenvalue weighted by molar-refractivity contribution is 5.94. The van der Waals surface area contributed by atoms with Gasteiger partial charge in [0, 0.05) is 54.1 Å². The molecule has 5 heteroatoms. The fourth-order valence-corrected chi connectivity index (χ4v) is 4.93. The molecule has 2 aliphatic rings. The Hall–Kier alpha value is -3.52. The molecule has 1 spiro atoms. The van der Waals surface area contributed by atoms with Gasteiger partial charge >= 0.3 is 0 Å². The molecular formula is C27H27N3O2. The van der Waals surface area contributed by atoms with Crippen LogP contribution in [0.15, 0.2) is 60.8 Å². The molecule has 1 saturated heterocycles. The van der Waals surface area contributed by atoms with Crippen LogP contribution in [0.2, 0.25) is 0 Å². The number of rotatable bonds is 4. The number of nitrogens with one attached hydrogen (secondary N) is 2. The second-order valence-electron chi connectivity index (χ2n) is 8.93. The molecule has 5 nitrogen and oxygen atoms in total. The highest BCUT2D eigenvalue weighted by Crippen LogP contribution is 2.59. The number of aromatic nitrogens is 1. The molecule has 1 unspecified atom stereocenters. The highest BCUT2D eigenvalue weighted by atomic mass is 16.2. The number of likely N-dealkylation sites (tertiary alicyclic amines) is 1. The first-order valence-electron chi connectivity index (χ1n) is 11.3. The molecular weight excluding hydrogens is 398 g/mol. The summed E-state index contributed by atoms with van der Waals surface area (Å²) in [5.41, 5.74) is 3.29. The van der Waals surface area contributed by atoms with E-state index in [1.54, 1.807) is 0 Å². The Morgan fingerprint density at radius 2 is 1.81 bits per heavy atom. The topological polar surface area (TPSA) is 65.2 Å². The number of nitrogens with zero attached hydrogens (tertiary/aromatic N) is 1. The predicted molar refractivity (Wildman–Crippen MR) is 125 cm³/mol. The van der Waals surface area contributed by atoms with Crippen LogP contribution in [0.4, 0.5) is 0 Å². The summed E-state index contributed by atoms with van der Waals surface area (Å²) in [7, 11) is 0. The predicted octanol–water partition coefficient (Wildman–Crippen LogP) is 3.51. The van der Waals surface area contributed by atoms with Crippen LogP contribution in [0.1, 0.15) is 30.4 Å². The molecule has 2 fully saturated rings. The normalized spacial score (nSPS) is 18.8. The Labute approximate surface area is 188 Å². The van der Waals surface area contributed by atoms with Gasteiger partial charge in [0.15, 0.2) is 0 Å². The lowest BCUT2D eigenvalue weighted by molar-refractivity contribution is -0.127. The summed E-state index contributed by atoms with van der Waals surface area (Å²) in [5, 5.41) is 4.36. The molecule has 0 bridgehead atoms. The first-order valence-corrected chi connectivity index (χ1v) is 11.3. The zero-order chi connectivity index (χ0) is 22.0. The molecule has 1 aliphatic carbocycles. The summed E-state index contributed by atoms with van der Waals surface area (Å²) in [6, 6.07) is 17.8. The number of hydrogen-bond acceptors (Lipinski definition) is 2. The Bertz CT molecular complexity index is 1190. The van der Waals surface area contributed by atoms with Crippen LogP contribution in [-0.4, -0.2) is 41.3 Å². The number of H-pyrrole nitrogens is 1. The fraction of sp³-hybridized carbons (Fsp3) is 0.333. The van der Waals surface area contributed by atoms with Crippen molar-refractivity contribution in [2.75, 3.05) is 19.6 Å². The van der Waals surface area contributed by atoms with Crippen molar-refractivity contribution in [1.82, 2.24) is 15.2 Å². The van der Waals surface area contributed by atoms with E-state index in [1.165, 1.54) is 10.9 Å². The molecule has 1 aliphatic heterocycles. The van der Waals surface area contributed by atoms with E-state index in [0.717, 1.165) is 36.8 Å². The SMILES string of the molecule is O=C(NCCc1c[nH]c2ccccc12)C1CC12CCN(C(=O)C#Cc1ccccc1)CC2. The standard InChI is InChI=1S/C27H27N3O2/c31-25(11-10-20-6-2-1-3-7-20)30-16-13-27(14-17-30)18-23(27)26(32)28-15-12-21-19-29-24-9-5-4-8-22(21)24/h1-9,19,23,29H,12-18H2,(H,28,32). The van der Waals surface area contributed by atoms with Gasteiger partial charge in [0.2, 0.25) is 5.91 Å². The summed E-state index contributed by atoms with van der Waals surface area (Å²) >= 11 is 0. The lowest BCUT2D eigenvalue weighted by atomic mass is 9.90. The summed E-state index contributed by atoms with van der Waals surface area (Å²) in [6.07, 6.45) is 5.54. The number of fused-ring (bicyclic) bond motifs is 1. The van der Waals surface area contributed by atoms with Gasteiger partial charge in [-0.05, 0) is 54.9 Å². The van der Waals surface area contributed by atoms with E-state index in [2.05, 4.69) is 34.3 Å². The smallest absolute Gasteiger partial charge is 0.298 e. The van der Waals surface area contributed by atoms with E-state index in [9.17, 15) is 9.59 Å². The minimum absolute atomic E-state index is 0.0779. The molecule has 2 aromatic carbocycles. The van der Waals surface area contributed by atoms with Crippen molar-refractivity contribution in [1.29, 1.82) is 0 Å². The molecule has 162 valence electrons. The van der Waals surface area contributed by atoms with Crippen molar-refractivity contribution in [2.24, 2.45) is 11.3 Å². The van der Waals surface area contributed by atoms with Gasteiger partial charge in [0.05, 0.1) is 0 Å². The second-order valence-corrected chi connectivity index (χ2v) is 8.93. The number of piperidine rings is 1. The lowest BCUT2D eigenvalue weighted by Crippen LogP contribution is -2.40. The van der Waals surface area contributed by atoms with Crippen LogP contribution in [0.25, 0.3) is 10.9 Å². The second kappa shape index (κ2) is 8.55. The molecule has 2 heterocycles. The van der Waals surface area contributed by atoms with Crippen LogP contribution >= 0.6 is 0 Å². The van der Waals surface area contributed by atoms with Crippen LogP contribution in [0.5, 0.6) is 0 Å². The van der Waals surface area contributed by atoms with Crippen molar-refractivity contribution >= 4 is 22.7 Å². The van der Waals surface area contributed by atoms with Crippen LogP contribution in [-0.2, 0) is 16.0 Å². The highest BCUT2D eigenvalue weighted by Gasteiger charge is 2.58. The van der Waals surface area contributed by atoms with Crippen LogP contribution < -0.4 is 5.32 Å². The summed E-state index contributed by atoms with van der Waals surface area (Å²) in [4.78, 5) is 30.3. The molecule has 2 N–H and O–H groups in total. The number of hydrogen-bond donors (Lipinski definition) is 2. The molecule has 1 atom stereocenters. The third-order valence-electron chi connectivity index (χ3n) is 7.01. The lowest BCUT2D eigenvalue weighted by Gasteiger charge is -2.31. The zero-order valence-corrected chi connectivity index (χ0v) is 18.1. The maximum Gasteiger partial charge on any atom is 0.298 e. The van der Waals surface area contributed by atoms with Gasteiger partial charge in [-0.25, -0.2) is 0 Å². The molecule has 32 heavy (non-hydrogen) atoms. The number of para-hydroxylation sites is 1. The van der Waals surface area contributed by atoms with Gasteiger partial charge in [-0.15, -0.1) is 0 Å². The molecule has 2 amide bonds. The van der Waals surface area contributed by atoms with E-state index in [1.807, 2.05) is 53.6 Å². The summed E-state index contributed by atoms with van der Waals surface area (Å²) in [6.45, 7) is 2.01. The molecule has 0 radical (unpaired) electrons. The van der Waals surface area contributed by atoms with Gasteiger partial charge in [-0.3, -0.25) is 9.59 Å². The monoisotopic (exact) mass is 425 g/mol. The summed E-state index contributed by atoms with van der Waals surface area (Å²) < 4.78 is 0. The zero-order valence-electron chi connectivity index (χ0n) is 18.1. The number of carbonyl (C=O) groups excluding carboxylic acids is 2. The number of aromatic amines is 1. The first-order chi connectivity index (χ1) is 15.6. The molecule has 3 aromatic rings. The molecule has 1 aromatic heterocycles. The average molecular weight is 426 g/mol. The third kappa shape index (κ3) is 4.13. The Balaban J connectivity index is 1.09. The Morgan fingerprint density at radius 3 is 2.62 bits per heavy atom. The Morgan fingerprint density at radius 1 is 1.06 bits per heavy atom. The number of benzene rings is 2. The van der Waals surface area contributed by atoms with E-state index >= 15 is 0 Å². The quantitative estimate of drug-likeness (QED) is 0.629. The van der Waals surface area contributed by atoms with Gasteiger partial charge in [0.1, 0.15) is 0 Å². The minimum atomic E-state index is -0.121. The Kier molecular flexibility index (Phi) is 5.45. The largest absolute Gasteiger partial charge is 0.361 e.